The predicted molar refractivity (Wildman–Crippen MR) is 428 cm³/mol. The van der Waals surface area contributed by atoms with Crippen LogP contribution in [0.3, 0.4) is 0 Å². The van der Waals surface area contributed by atoms with Gasteiger partial charge in [-0.25, -0.2) is 9.13 Å². The van der Waals surface area contributed by atoms with Gasteiger partial charge in [-0.05, 0) is 31.6 Å². The Bertz CT molecular complexity index is 1980. The molecule has 0 aromatic rings. The molecule has 0 rings (SSSR count). The monoisotopic (exact) mass is 1520 g/mol. The lowest BCUT2D eigenvalue weighted by Gasteiger charge is -2.21. The minimum atomic E-state index is -4.96. The fourth-order valence-corrected chi connectivity index (χ4v) is 14.8. The molecule has 0 fully saturated rings. The molecule has 0 aliphatic rings. The lowest BCUT2D eigenvalue weighted by Crippen LogP contribution is -2.30. The zero-order valence-electron chi connectivity index (χ0n) is 68.2. The van der Waals surface area contributed by atoms with E-state index in [4.69, 9.17) is 37.0 Å². The minimum absolute atomic E-state index is 0.109. The average Bonchev–Trinajstić information content (AvgIpc) is 0.910. The molecular formula is C85H166O17P2. The molecule has 0 aromatic heterocycles. The van der Waals surface area contributed by atoms with Crippen molar-refractivity contribution in [3.05, 3.63) is 0 Å². The third-order valence-corrected chi connectivity index (χ3v) is 22.3. The van der Waals surface area contributed by atoms with E-state index in [1.54, 1.807) is 0 Å². The number of phosphoric acid groups is 2. The van der Waals surface area contributed by atoms with Crippen molar-refractivity contribution >= 4 is 39.5 Å². The zero-order chi connectivity index (χ0) is 76.2. The largest absolute Gasteiger partial charge is 0.472 e. The van der Waals surface area contributed by atoms with E-state index in [9.17, 15) is 43.2 Å². The third kappa shape index (κ3) is 76.8. The van der Waals surface area contributed by atoms with Crippen molar-refractivity contribution in [3.63, 3.8) is 0 Å². The topological polar surface area (TPSA) is 237 Å². The molecule has 0 saturated carbocycles. The first-order valence-electron chi connectivity index (χ1n) is 44.2. The van der Waals surface area contributed by atoms with Gasteiger partial charge >= 0.3 is 39.5 Å². The van der Waals surface area contributed by atoms with E-state index in [0.717, 1.165) is 95.8 Å². The van der Waals surface area contributed by atoms with Crippen molar-refractivity contribution in [2.45, 2.75) is 477 Å². The van der Waals surface area contributed by atoms with E-state index in [0.29, 0.717) is 25.7 Å². The highest BCUT2D eigenvalue weighted by Gasteiger charge is 2.30. The standard InChI is InChI=1S/C85H166O17P2/c1-6-10-13-16-19-22-25-28-30-31-32-33-34-35-41-46-51-56-61-66-71-85(90)102-81(75-96-83(88)69-64-59-54-49-44-40-37-36-38-42-47-52-57-62-67-78(5)9-4)77-100-104(93,94)98-73-79(86)72-97-103(91,92)99-76-80(74-95-82(87)68-63-58-53-48-43-27-24-21-18-15-12-8-3)101-84(89)70-65-60-55-50-45-39-29-26-23-20-17-14-11-7-2/h78-81,86H,6-77H2,1-5H3,(H,91,92)(H,93,94)/t78?,79-,80+,81+/m0/s1. The number of hydrogen-bond donors (Lipinski definition) is 3. The Hall–Kier alpha value is -1.94. The van der Waals surface area contributed by atoms with Gasteiger partial charge < -0.3 is 33.8 Å². The van der Waals surface area contributed by atoms with Gasteiger partial charge in [-0.15, -0.1) is 0 Å². The maximum Gasteiger partial charge on any atom is 0.472 e. The van der Waals surface area contributed by atoms with Crippen molar-refractivity contribution in [1.82, 2.24) is 0 Å². The Balaban J connectivity index is 5.25. The summed E-state index contributed by atoms with van der Waals surface area (Å²) in [6.45, 7) is 7.42. The van der Waals surface area contributed by atoms with Crippen LogP contribution in [0.1, 0.15) is 458 Å². The van der Waals surface area contributed by atoms with Crippen LogP contribution in [-0.2, 0) is 65.4 Å². The summed E-state index contributed by atoms with van der Waals surface area (Å²) in [6, 6.07) is 0. The smallest absolute Gasteiger partial charge is 0.462 e. The average molecular weight is 1520 g/mol. The number of rotatable bonds is 85. The Morgan fingerprint density at radius 3 is 0.683 bits per heavy atom. The van der Waals surface area contributed by atoms with E-state index in [1.165, 1.54) is 283 Å². The molecule has 3 unspecified atom stereocenters. The molecule has 618 valence electrons. The normalized spacial score (nSPS) is 14.0. The second kappa shape index (κ2) is 77.8. The van der Waals surface area contributed by atoms with Crippen LogP contribution >= 0.6 is 15.6 Å². The van der Waals surface area contributed by atoms with Gasteiger partial charge in [0.1, 0.15) is 19.3 Å². The molecule has 3 N–H and O–H groups in total. The number of hydrogen-bond acceptors (Lipinski definition) is 15. The number of carbonyl (C=O) groups is 4. The number of esters is 4. The summed E-state index contributed by atoms with van der Waals surface area (Å²) in [5.74, 6) is -1.25. The maximum atomic E-state index is 13.1. The summed E-state index contributed by atoms with van der Waals surface area (Å²) >= 11 is 0. The Labute approximate surface area is 638 Å². The highest BCUT2D eigenvalue weighted by molar-refractivity contribution is 7.47. The van der Waals surface area contributed by atoms with Crippen LogP contribution in [0.25, 0.3) is 0 Å². The minimum Gasteiger partial charge on any atom is -0.462 e. The van der Waals surface area contributed by atoms with Crippen molar-refractivity contribution in [3.8, 4) is 0 Å². The first kappa shape index (κ1) is 102. The van der Waals surface area contributed by atoms with Gasteiger partial charge in [0.15, 0.2) is 12.2 Å². The van der Waals surface area contributed by atoms with Gasteiger partial charge in [-0.3, -0.25) is 37.3 Å². The third-order valence-electron chi connectivity index (χ3n) is 20.4. The summed E-state index contributed by atoms with van der Waals surface area (Å²) < 4.78 is 68.9. The van der Waals surface area contributed by atoms with Crippen LogP contribution in [-0.4, -0.2) is 96.7 Å². The predicted octanol–water partition coefficient (Wildman–Crippen LogP) is 26.0. The molecule has 0 amide bonds. The van der Waals surface area contributed by atoms with Gasteiger partial charge in [0, 0.05) is 25.7 Å². The van der Waals surface area contributed by atoms with Gasteiger partial charge in [-0.2, -0.15) is 0 Å². The summed E-state index contributed by atoms with van der Waals surface area (Å²) in [4.78, 5) is 73.2. The van der Waals surface area contributed by atoms with Gasteiger partial charge in [0.25, 0.3) is 0 Å². The molecule has 17 nitrogen and oxygen atoms in total. The molecule has 0 bridgehead atoms. The summed E-state index contributed by atoms with van der Waals surface area (Å²) in [5, 5.41) is 10.7. The molecule has 19 heteroatoms. The van der Waals surface area contributed by atoms with Gasteiger partial charge in [0.2, 0.25) is 0 Å². The van der Waals surface area contributed by atoms with E-state index in [-0.39, 0.29) is 25.7 Å². The van der Waals surface area contributed by atoms with Crippen LogP contribution < -0.4 is 0 Å². The number of unbranched alkanes of at least 4 members (excludes halogenated alkanes) is 56. The molecule has 0 aliphatic heterocycles. The second-order valence-electron chi connectivity index (χ2n) is 30.8. The summed E-state index contributed by atoms with van der Waals surface area (Å²) in [6.07, 6.45) is 70.6. The van der Waals surface area contributed by atoms with Crippen LogP contribution in [0.15, 0.2) is 0 Å². The number of aliphatic hydroxyl groups is 1. The van der Waals surface area contributed by atoms with Crippen LogP contribution in [0.4, 0.5) is 0 Å². The van der Waals surface area contributed by atoms with E-state index in [2.05, 4.69) is 34.6 Å². The lowest BCUT2D eigenvalue weighted by molar-refractivity contribution is -0.161. The van der Waals surface area contributed by atoms with Crippen molar-refractivity contribution < 1.29 is 80.2 Å². The fraction of sp³-hybridized carbons (Fsp3) is 0.953. The Kier molecular flexibility index (Phi) is 76.3. The first-order chi connectivity index (χ1) is 50.6. The van der Waals surface area contributed by atoms with Crippen molar-refractivity contribution in [2.24, 2.45) is 5.92 Å². The first-order valence-corrected chi connectivity index (χ1v) is 47.2. The molecule has 0 aliphatic carbocycles. The number of ether oxygens (including phenoxy) is 4. The van der Waals surface area contributed by atoms with Crippen molar-refractivity contribution in [2.75, 3.05) is 39.6 Å². The highest BCUT2D eigenvalue weighted by atomic mass is 31.2. The molecular weight excluding hydrogens is 1350 g/mol. The molecule has 0 aromatic carbocycles. The summed E-state index contributed by atoms with van der Waals surface area (Å²) in [5.41, 5.74) is 0. The van der Waals surface area contributed by atoms with E-state index < -0.39 is 97.5 Å². The summed E-state index contributed by atoms with van der Waals surface area (Å²) in [7, 11) is -9.92. The molecule has 0 saturated heterocycles. The second-order valence-corrected chi connectivity index (χ2v) is 33.7. The Morgan fingerprint density at radius 1 is 0.269 bits per heavy atom. The SMILES string of the molecule is CCCCCCCCCCCCCCCCCCCCCCC(=O)O[C@H](COC(=O)CCCCCCCCCCCCCCCCC(C)CC)COP(=O)(O)OC[C@@H](O)COP(=O)(O)OC[C@@H](COC(=O)CCCCCCCCCCCCCC)OC(=O)CCCCCCCCCCCCCCCC. The molecule has 104 heavy (non-hydrogen) atoms. The van der Waals surface area contributed by atoms with E-state index in [1.807, 2.05) is 0 Å². The number of aliphatic hydroxyl groups excluding tert-OH is 1. The lowest BCUT2D eigenvalue weighted by atomic mass is 9.99. The highest BCUT2D eigenvalue weighted by Crippen LogP contribution is 2.45. The van der Waals surface area contributed by atoms with Gasteiger partial charge in [-0.1, -0.05) is 407 Å². The van der Waals surface area contributed by atoms with Crippen LogP contribution in [0.5, 0.6) is 0 Å². The molecule has 0 heterocycles. The number of phosphoric ester groups is 2. The fourth-order valence-electron chi connectivity index (χ4n) is 13.3. The molecule has 0 spiro atoms. The Morgan fingerprint density at radius 2 is 0.462 bits per heavy atom. The van der Waals surface area contributed by atoms with Crippen LogP contribution in [0, 0.1) is 5.92 Å². The molecule has 6 atom stereocenters. The van der Waals surface area contributed by atoms with E-state index >= 15 is 0 Å². The maximum absolute atomic E-state index is 13.1. The zero-order valence-corrected chi connectivity index (χ0v) is 70.0. The van der Waals surface area contributed by atoms with Crippen LogP contribution in [0.2, 0.25) is 0 Å². The van der Waals surface area contributed by atoms with Gasteiger partial charge in [0.05, 0.1) is 26.4 Å². The number of carbonyl (C=O) groups excluding carboxylic acids is 4. The van der Waals surface area contributed by atoms with Crippen molar-refractivity contribution in [1.29, 1.82) is 0 Å². The molecule has 0 radical (unpaired) electrons. The quantitative estimate of drug-likeness (QED) is 0.0222.